The smallest absolute Gasteiger partial charge is 0.0902 e. The molecule has 11 heavy (non-hydrogen) atoms. The van der Waals surface area contributed by atoms with Gasteiger partial charge in [0.25, 0.3) is 0 Å². The highest BCUT2D eigenvalue weighted by Crippen LogP contribution is 2.50. The average Bonchev–Trinajstić information content (AvgIpc) is 2.06. The van der Waals surface area contributed by atoms with E-state index in [4.69, 9.17) is 46.4 Å². The Morgan fingerprint density at radius 1 is 1.09 bits per heavy atom. The molecule has 0 saturated heterocycles. The first-order valence-electron chi connectivity index (χ1n) is 3.01. The predicted octanol–water partition coefficient (Wildman–Crippen LogP) is 4.20. The summed E-state index contributed by atoms with van der Waals surface area (Å²) in [5.74, 6) is 0. The van der Waals surface area contributed by atoms with E-state index in [0.29, 0.717) is 10.1 Å². The van der Waals surface area contributed by atoms with Gasteiger partial charge in [-0.2, -0.15) is 0 Å². The summed E-state index contributed by atoms with van der Waals surface area (Å²) in [6, 6.07) is 0. The van der Waals surface area contributed by atoms with Gasteiger partial charge < -0.3 is 0 Å². The first-order valence-corrected chi connectivity index (χ1v) is 4.52. The van der Waals surface area contributed by atoms with Crippen molar-refractivity contribution in [1.82, 2.24) is 0 Å². The van der Waals surface area contributed by atoms with Crippen molar-refractivity contribution < 1.29 is 0 Å². The summed E-state index contributed by atoms with van der Waals surface area (Å²) in [5.41, 5.74) is 1.66. The molecule has 1 rings (SSSR count). The molecule has 0 nitrogen and oxygen atoms in total. The Morgan fingerprint density at radius 3 is 1.64 bits per heavy atom. The molecule has 62 valence electrons. The van der Waals surface area contributed by atoms with Crippen LogP contribution in [0.15, 0.2) is 21.2 Å². The zero-order valence-electron chi connectivity index (χ0n) is 6.01. The van der Waals surface area contributed by atoms with Crippen molar-refractivity contribution in [2.24, 2.45) is 0 Å². The molecule has 4 heteroatoms. The minimum absolute atomic E-state index is 0.303. The maximum absolute atomic E-state index is 5.89. The summed E-state index contributed by atoms with van der Waals surface area (Å²) < 4.78 is -1.11. The van der Waals surface area contributed by atoms with Crippen molar-refractivity contribution in [1.29, 1.82) is 0 Å². The second-order valence-corrected chi connectivity index (χ2v) is 4.54. The van der Waals surface area contributed by atoms with E-state index < -0.39 is 4.33 Å². The van der Waals surface area contributed by atoms with Crippen LogP contribution in [0.2, 0.25) is 0 Å². The van der Waals surface area contributed by atoms with Crippen molar-refractivity contribution in [3.8, 4) is 0 Å². The molecule has 0 unspecified atom stereocenters. The Hall–Kier alpha value is 0.640. The normalized spacial score (nSPS) is 23.5. The number of alkyl halides is 2. The molecule has 1 aliphatic carbocycles. The van der Waals surface area contributed by atoms with E-state index in [1.54, 1.807) is 0 Å². The molecule has 0 spiro atoms. The van der Waals surface area contributed by atoms with Crippen LogP contribution in [0.3, 0.4) is 0 Å². The molecule has 0 atom stereocenters. The minimum atomic E-state index is -1.11. The van der Waals surface area contributed by atoms with E-state index in [2.05, 4.69) is 0 Å². The van der Waals surface area contributed by atoms with Crippen LogP contribution >= 0.6 is 46.4 Å². The summed E-state index contributed by atoms with van der Waals surface area (Å²) in [7, 11) is 0. The second kappa shape index (κ2) is 2.85. The fourth-order valence-electron chi connectivity index (χ4n) is 0.867. The number of hydrogen-bond acceptors (Lipinski definition) is 0. The molecule has 0 radical (unpaired) electrons. The summed E-state index contributed by atoms with van der Waals surface area (Å²) in [6.45, 7) is 3.65. The van der Waals surface area contributed by atoms with Crippen LogP contribution in [-0.4, -0.2) is 4.33 Å². The summed E-state index contributed by atoms with van der Waals surface area (Å²) in [5, 5.41) is 0.770. The Kier molecular flexibility index (Phi) is 2.52. The third-order valence-electron chi connectivity index (χ3n) is 1.83. The summed E-state index contributed by atoms with van der Waals surface area (Å²) >= 11 is 23.4. The van der Waals surface area contributed by atoms with Gasteiger partial charge in [-0.15, -0.1) is 0 Å². The van der Waals surface area contributed by atoms with Crippen LogP contribution in [0, 0.1) is 0 Å². The van der Waals surface area contributed by atoms with Crippen molar-refractivity contribution in [3.05, 3.63) is 21.2 Å². The molecule has 0 fully saturated rings. The monoisotopic (exact) mass is 230 g/mol. The highest BCUT2D eigenvalue weighted by atomic mass is 35.5. The van der Waals surface area contributed by atoms with E-state index in [1.807, 2.05) is 13.8 Å². The first kappa shape index (κ1) is 9.73. The van der Waals surface area contributed by atoms with E-state index in [9.17, 15) is 0 Å². The van der Waals surface area contributed by atoms with E-state index in [-0.39, 0.29) is 0 Å². The van der Waals surface area contributed by atoms with Gasteiger partial charge in [-0.3, -0.25) is 0 Å². The third kappa shape index (κ3) is 1.31. The number of rotatable bonds is 0. The van der Waals surface area contributed by atoms with Gasteiger partial charge in [-0.25, -0.2) is 0 Å². The lowest BCUT2D eigenvalue weighted by atomic mass is 10.2. The lowest BCUT2D eigenvalue weighted by Crippen LogP contribution is -2.11. The van der Waals surface area contributed by atoms with Crippen molar-refractivity contribution in [2.45, 2.75) is 18.2 Å². The molecular weight excluding hydrogens is 226 g/mol. The van der Waals surface area contributed by atoms with Crippen LogP contribution < -0.4 is 0 Å². The molecule has 0 bridgehead atoms. The van der Waals surface area contributed by atoms with Gasteiger partial charge in [-0.1, -0.05) is 46.4 Å². The Bertz CT molecular complexity index is 234. The van der Waals surface area contributed by atoms with E-state index in [1.165, 1.54) is 0 Å². The zero-order chi connectivity index (χ0) is 8.81. The van der Waals surface area contributed by atoms with Crippen molar-refractivity contribution in [2.75, 3.05) is 0 Å². The molecule has 1 aliphatic rings. The van der Waals surface area contributed by atoms with Gasteiger partial charge in [0.05, 0.1) is 10.1 Å². The lowest BCUT2D eigenvalue weighted by molar-refractivity contribution is 1.12. The van der Waals surface area contributed by atoms with E-state index in [0.717, 1.165) is 11.1 Å². The fraction of sp³-hybridized carbons (Fsp3) is 0.429. The largest absolute Gasteiger partial charge is 0.176 e. The zero-order valence-corrected chi connectivity index (χ0v) is 9.04. The van der Waals surface area contributed by atoms with Crippen LogP contribution in [0.5, 0.6) is 0 Å². The van der Waals surface area contributed by atoms with Gasteiger partial charge in [-0.05, 0) is 25.0 Å². The molecule has 0 N–H and O–H groups in total. The second-order valence-electron chi connectivity index (χ2n) is 2.45. The van der Waals surface area contributed by atoms with Gasteiger partial charge in [0.15, 0.2) is 4.33 Å². The van der Waals surface area contributed by atoms with Crippen molar-refractivity contribution in [3.63, 3.8) is 0 Å². The first-order chi connectivity index (χ1) is 4.89. The average molecular weight is 232 g/mol. The van der Waals surface area contributed by atoms with E-state index >= 15 is 0 Å². The maximum Gasteiger partial charge on any atom is 0.176 e. The number of allylic oxidation sites excluding steroid dienone is 4. The van der Waals surface area contributed by atoms with Crippen LogP contribution in [-0.2, 0) is 0 Å². The predicted molar refractivity (Wildman–Crippen MR) is 51.5 cm³/mol. The van der Waals surface area contributed by atoms with Crippen LogP contribution in [0.25, 0.3) is 0 Å². The van der Waals surface area contributed by atoms with Crippen molar-refractivity contribution >= 4 is 46.4 Å². The van der Waals surface area contributed by atoms with Gasteiger partial charge >= 0.3 is 0 Å². The molecule has 0 amide bonds. The molecular formula is C7H6Cl4. The summed E-state index contributed by atoms with van der Waals surface area (Å²) in [6.07, 6.45) is 0. The SMILES string of the molecule is CC1=C(C)C(Cl)(Cl)C(Cl)=C1Cl. The van der Waals surface area contributed by atoms with Gasteiger partial charge in [0.2, 0.25) is 0 Å². The van der Waals surface area contributed by atoms with Gasteiger partial charge in [0, 0.05) is 0 Å². The number of halogens is 4. The number of hydrogen-bond donors (Lipinski definition) is 0. The summed E-state index contributed by atoms with van der Waals surface area (Å²) in [4.78, 5) is 0. The Balaban J connectivity index is 3.27. The molecule has 0 heterocycles. The quantitative estimate of drug-likeness (QED) is 0.549. The molecule has 0 aliphatic heterocycles. The Labute approximate surface area is 85.8 Å². The van der Waals surface area contributed by atoms with Gasteiger partial charge in [0.1, 0.15) is 0 Å². The highest BCUT2D eigenvalue weighted by Gasteiger charge is 2.39. The Morgan fingerprint density at radius 2 is 1.55 bits per heavy atom. The van der Waals surface area contributed by atoms with Crippen LogP contribution in [0.1, 0.15) is 13.8 Å². The third-order valence-corrected chi connectivity index (χ3v) is 4.01. The molecule has 0 aromatic carbocycles. The lowest BCUT2D eigenvalue weighted by Gasteiger charge is -2.14. The maximum atomic E-state index is 5.89. The molecule has 0 aromatic rings. The topological polar surface area (TPSA) is 0 Å². The highest BCUT2D eigenvalue weighted by molar-refractivity contribution is 6.60. The molecule has 0 saturated carbocycles. The minimum Gasteiger partial charge on any atom is -0.0902 e. The standard InChI is InChI=1S/C7H6Cl4/c1-3-4(2)7(10,11)6(9)5(3)8/h1-2H3. The molecule has 0 aromatic heterocycles. The fourth-order valence-corrected chi connectivity index (χ4v) is 2.00. The van der Waals surface area contributed by atoms with Crippen LogP contribution in [0.4, 0.5) is 0 Å².